The van der Waals surface area contributed by atoms with Crippen molar-refractivity contribution in [3.05, 3.63) is 36.0 Å². The topological polar surface area (TPSA) is 70.9 Å². The second kappa shape index (κ2) is 7.52. The van der Waals surface area contributed by atoms with E-state index >= 15 is 0 Å². The highest BCUT2D eigenvalue weighted by Crippen LogP contribution is 2.18. The van der Waals surface area contributed by atoms with Crippen LogP contribution in [-0.2, 0) is 11.2 Å². The Morgan fingerprint density at radius 3 is 2.95 bits per heavy atom. The third-order valence-electron chi connectivity index (χ3n) is 3.53. The molecule has 1 aromatic heterocycles. The fraction of sp³-hybridized carbons (Fsp3) is 0.438. The van der Waals surface area contributed by atoms with Gasteiger partial charge in [0.25, 0.3) is 0 Å². The molecule has 0 saturated carbocycles. The zero-order valence-electron chi connectivity index (χ0n) is 12.6. The Morgan fingerprint density at radius 2 is 2.19 bits per heavy atom. The minimum absolute atomic E-state index is 0.0757. The number of carbonyl (C=O) groups is 1. The summed E-state index contributed by atoms with van der Waals surface area (Å²) >= 11 is 1.79. The molecule has 0 aliphatic carbocycles. The van der Waals surface area contributed by atoms with Crippen LogP contribution in [0.1, 0.15) is 12.5 Å². The second-order valence-electron chi connectivity index (χ2n) is 5.48. The van der Waals surface area contributed by atoms with Gasteiger partial charge in [-0.05, 0) is 36.0 Å². The van der Waals surface area contributed by atoms with Gasteiger partial charge in [-0.2, -0.15) is 11.8 Å². The van der Waals surface area contributed by atoms with Crippen LogP contribution in [0, 0.1) is 5.92 Å². The smallest absolute Gasteiger partial charge is 0.237 e. The molecule has 1 amide bonds. The minimum Gasteiger partial charge on any atom is -0.361 e. The Hall–Kier alpha value is -1.46. The number of H-pyrrole nitrogens is 1. The van der Waals surface area contributed by atoms with Crippen molar-refractivity contribution >= 4 is 28.6 Å². The molecule has 21 heavy (non-hydrogen) atoms. The van der Waals surface area contributed by atoms with E-state index in [0.29, 0.717) is 18.9 Å². The number of hydrogen-bond donors (Lipinski definition) is 3. The SMILES string of the molecule is CSCC(C)CNC(=O)[C@@H](N)Cc1c[nH]c2ccccc12. The lowest BCUT2D eigenvalue weighted by atomic mass is 10.0. The summed E-state index contributed by atoms with van der Waals surface area (Å²) in [7, 11) is 0. The summed E-state index contributed by atoms with van der Waals surface area (Å²) in [6.45, 7) is 2.81. The lowest BCUT2D eigenvalue weighted by molar-refractivity contribution is -0.122. The molecule has 1 unspecified atom stereocenters. The first-order chi connectivity index (χ1) is 10.1. The number of carbonyl (C=O) groups excluding carboxylic acids is 1. The maximum absolute atomic E-state index is 12.1. The van der Waals surface area contributed by atoms with Crippen LogP contribution in [0.15, 0.2) is 30.5 Å². The summed E-state index contributed by atoms with van der Waals surface area (Å²) in [5.74, 6) is 1.43. The Kier molecular flexibility index (Phi) is 5.70. The Balaban J connectivity index is 1.91. The van der Waals surface area contributed by atoms with Gasteiger partial charge in [0.1, 0.15) is 0 Å². The predicted molar refractivity (Wildman–Crippen MR) is 90.5 cm³/mol. The molecule has 0 bridgehead atoms. The van der Waals surface area contributed by atoms with E-state index in [0.717, 1.165) is 22.2 Å². The molecule has 114 valence electrons. The van der Waals surface area contributed by atoms with Crippen LogP contribution in [0.2, 0.25) is 0 Å². The monoisotopic (exact) mass is 305 g/mol. The first-order valence-corrected chi connectivity index (χ1v) is 8.58. The largest absolute Gasteiger partial charge is 0.361 e. The fourth-order valence-electron chi connectivity index (χ4n) is 2.38. The van der Waals surface area contributed by atoms with Crippen LogP contribution in [0.4, 0.5) is 0 Å². The van der Waals surface area contributed by atoms with Crippen molar-refractivity contribution in [3.63, 3.8) is 0 Å². The minimum atomic E-state index is -0.509. The van der Waals surface area contributed by atoms with Gasteiger partial charge >= 0.3 is 0 Å². The molecule has 5 heteroatoms. The van der Waals surface area contributed by atoms with Crippen molar-refractivity contribution in [2.45, 2.75) is 19.4 Å². The number of rotatable bonds is 7. The zero-order chi connectivity index (χ0) is 15.2. The van der Waals surface area contributed by atoms with E-state index in [1.54, 1.807) is 11.8 Å². The molecule has 0 aliphatic rings. The van der Waals surface area contributed by atoms with Crippen LogP contribution in [-0.4, -0.2) is 35.5 Å². The Bertz CT molecular complexity index is 596. The standard InChI is InChI=1S/C16H23N3OS/c1-11(10-21-2)8-19-16(20)14(17)7-12-9-18-15-6-4-3-5-13(12)15/h3-6,9,11,14,18H,7-8,10,17H2,1-2H3,(H,19,20)/t11?,14-/m0/s1. The van der Waals surface area contributed by atoms with Crippen LogP contribution in [0.5, 0.6) is 0 Å². The number of hydrogen-bond acceptors (Lipinski definition) is 3. The number of aromatic amines is 1. The van der Waals surface area contributed by atoms with Gasteiger partial charge in [0, 0.05) is 23.6 Å². The van der Waals surface area contributed by atoms with Gasteiger partial charge in [0.05, 0.1) is 6.04 Å². The van der Waals surface area contributed by atoms with E-state index < -0.39 is 6.04 Å². The quantitative estimate of drug-likeness (QED) is 0.734. The number of amides is 1. The van der Waals surface area contributed by atoms with E-state index in [4.69, 9.17) is 5.73 Å². The highest BCUT2D eigenvalue weighted by molar-refractivity contribution is 7.98. The average Bonchev–Trinajstić information content (AvgIpc) is 2.88. The van der Waals surface area contributed by atoms with Gasteiger partial charge in [-0.15, -0.1) is 0 Å². The van der Waals surface area contributed by atoms with Crippen molar-refractivity contribution in [1.29, 1.82) is 0 Å². The van der Waals surface area contributed by atoms with Crippen LogP contribution < -0.4 is 11.1 Å². The van der Waals surface area contributed by atoms with E-state index in [1.807, 2.05) is 30.5 Å². The summed E-state index contributed by atoms with van der Waals surface area (Å²) in [6.07, 6.45) is 4.56. The summed E-state index contributed by atoms with van der Waals surface area (Å²) < 4.78 is 0. The van der Waals surface area contributed by atoms with Gasteiger partial charge in [-0.1, -0.05) is 25.1 Å². The molecule has 2 aromatic rings. The molecule has 2 rings (SSSR count). The molecule has 0 aliphatic heterocycles. The van der Waals surface area contributed by atoms with E-state index in [2.05, 4.69) is 23.5 Å². The van der Waals surface area contributed by atoms with Gasteiger partial charge in [0.15, 0.2) is 0 Å². The first-order valence-electron chi connectivity index (χ1n) is 7.19. The zero-order valence-corrected chi connectivity index (χ0v) is 13.4. The summed E-state index contributed by atoms with van der Waals surface area (Å²) in [5.41, 5.74) is 8.19. The molecular formula is C16H23N3OS. The van der Waals surface area contributed by atoms with Gasteiger partial charge in [-0.25, -0.2) is 0 Å². The summed E-state index contributed by atoms with van der Waals surface area (Å²) in [4.78, 5) is 15.3. The lowest BCUT2D eigenvalue weighted by Crippen LogP contribution is -2.43. The number of nitrogens with two attached hydrogens (primary N) is 1. The first kappa shape index (κ1) is 15.9. The van der Waals surface area contributed by atoms with E-state index in [9.17, 15) is 4.79 Å². The van der Waals surface area contributed by atoms with Crippen molar-refractivity contribution in [2.75, 3.05) is 18.6 Å². The number of para-hydroxylation sites is 1. The highest BCUT2D eigenvalue weighted by Gasteiger charge is 2.16. The van der Waals surface area contributed by atoms with Crippen LogP contribution >= 0.6 is 11.8 Å². The van der Waals surface area contributed by atoms with Gasteiger partial charge in [-0.3, -0.25) is 4.79 Å². The number of thioether (sulfide) groups is 1. The molecule has 0 fully saturated rings. The Labute approximate surface area is 129 Å². The third-order valence-corrected chi connectivity index (χ3v) is 4.43. The maximum Gasteiger partial charge on any atom is 0.237 e. The van der Waals surface area contributed by atoms with Crippen molar-refractivity contribution in [3.8, 4) is 0 Å². The van der Waals surface area contributed by atoms with Crippen molar-refractivity contribution in [2.24, 2.45) is 11.7 Å². The molecular weight excluding hydrogens is 282 g/mol. The van der Waals surface area contributed by atoms with E-state index in [1.165, 1.54) is 0 Å². The molecule has 0 radical (unpaired) electrons. The van der Waals surface area contributed by atoms with E-state index in [-0.39, 0.29) is 5.91 Å². The second-order valence-corrected chi connectivity index (χ2v) is 6.39. The lowest BCUT2D eigenvalue weighted by Gasteiger charge is -2.15. The molecule has 1 heterocycles. The number of nitrogens with one attached hydrogen (secondary N) is 2. The van der Waals surface area contributed by atoms with Gasteiger partial charge < -0.3 is 16.0 Å². The highest BCUT2D eigenvalue weighted by atomic mass is 32.2. The summed E-state index contributed by atoms with van der Waals surface area (Å²) in [6, 6.07) is 7.55. The van der Waals surface area contributed by atoms with Crippen LogP contribution in [0.25, 0.3) is 10.9 Å². The van der Waals surface area contributed by atoms with Gasteiger partial charge in [0.2, 0.25) is 5.91 Å². The number of fused-ring (bicyclic) bond motifs is 1. The predicted octanol–water partition coefficient (Wildman–Crippen LogP) is 2.15. The summed E-state index contributed by atoms with van der Waals surface area (Å²) in [5, 5.41) is 4.08. The third kappa shape index (κ3) is 4.25. The fourth-order valence-corrected chi connectivity index (χ4v) is 3.07. The van der Waals surface area contributed by atoms with Crippen molar-refractivity contribution < 1.29 is 4.79 Å². The molecule has 1 aromatic carbocycles. The number of benzene rings is 1. The average molecular weight is 305 g/mol. The molecule has 0 spiro atoms. The normalized spacial score (nSPS) is 14.0. The Morgan fingerprint density at radius 1 is 1.43 bits per heavy atom. The molecule has 2 atom stereocenters. The maximum atomic E-state index is 12.1. The number of aromatic nitrogens is 1. The van der Waals surface area contributed by atoms with Crippen LogP contribution in [0.3, 0.4) is 0 Å². The molecule has 4 nitrogen and oxygen atoms in total. The molecule has 4 N–H and O–H groups in total. The molecule has 0 saturated heterocycles. The van der Waals surface area contributed by atoms with Crippen molar-refractivity contribution in [1.82, 2.24) is 10.3 Å².